The highest BCUT2D eigenvalue weighted by Crippen LogP contribution is 2.30. The molecule has 1 aromatic heterocycles. The molecule has 0 aliphatic carbocycles. The molecule has 0 amide bonds. The molecule has 0 fully saturated rings. The van der Waals surface area contributed by atoms with Crippen LogP contribution in [0.5, 0.6) is 11.5 Å². The predicted molar refractivity (Wildman–Crippen MR) is 87.2 cm³/mol. The van der Waals surface area contributed by atoms with E-state index in [1.54, 1.807) is 14.2 Å². The summed E-state index contributed by atoms with van der Waals surface area (Å²) >= 11 is 3.62. The number of ether oxygens (including phenoxy) is 2. The van der Waals surface area contributed by atoms with Gasteiger partial charge in [-0.05, 0) is 34.5 Å². The van der Waals surface area contributed by atoms with Crippen LogP contribution in [0, 0.1) is 0 Å². The Kier molecular flexibility index (Phi) is 5.12. The van der Waals surface area contributed by atoms with Crippen molar-refractivity contribution in [3.63, 3.8) is 0 Å². The third-order valence-electron chi connectivity index (χ3n) is 3.36. The molecule has 0 spiro atoms. The molecule has 1 heterocycles. The highest BCUT2D eigenvalue weighted by Gasteiger charge is 2.13. The average molecular weight is 354 g/mol. The van der Waals surface area contributed by atoms with Crippen LogP contribution in [-0.4, -0.2) is 24.0 Å². The van der Waals surface area contributed by atoms with Crippen molar-refractivity contribution in [2.75, 3.05) is 19.5 Å². The first kappa shape index (κ1) is 15.7. The van der Waals surface area contributed by atoms with Gasteiger partial charge in [-0.15, -0.1) is 0 Å². The van der Waals surface area contributed by atoms with Crippen molar-refractivity contribution in [2.24, 2.45) is 7.05 Å². The lowest BCUT2D eigenvalue weighted by Gasteiger charge is -2.13. The topological polar surface area (TPSA) is 48.3 Å². The summed E-state index contributed by atoms with van der Waals surface area (Å²) in [5.41, 5.74) is 3.09. The van der Waals surface area contributed by atoms with E-state index in [0.29, 0.717) is 6.54 Å². The standard InChI is InChI=1S/C15H20BrN3O2/c1-5-11-15(16)13(19(2)18-11)9-17-12-7-6-10(20-3)8-14(12)21-4/h6-8,17H,5,9H2,1-4H3. The fraction of sp³-hybridized carbons (Fsp3) is 0.400. The molecule has 0 saturated heterocycles. The molecule has 21 heavy (non-hydrogen) atoms. The van der Waals surface area contributed by atoms with Gasteiger partial charge in [0.15, 0.2) is 0 Å². The maximum absolute atomic E-state index is 5.39. The van der Waals surface area contributed by atoms with Crippen molar-refractivity contribution in [3.05, 3.63) is 34.1 Å². The summed E-state index contributed by atoms with van der Waals surface area (Å²) in [7, 11) is 5.24. The normalized spacial score (nSPS) is 10.5. The van der Waals surface area contributed by atoms with E-state index in [4.69, 9.17) is 9.47 Å². The number of nitrogens with zero attached hydrogens (tertiary/aromatic N) is 2. The molecule has 0 radical (unpaired) electrons. The molecular formula is C15H20BrN3O2. The zero-order valence-electron chi connectivity index (χ0n) is 12.7. The zero-order valence-corrected chi connectivity index (χ0v) is 14.3. The number of nitrogens with one attached hydrogen (secondary N) is 1. The number of hydrogen-bond acceptors (Lipinski definition) is 4. The van der Waals surface area contributed by atoms with Gasteiger partial charge in [-0.1, -0.05) is 6.92 Å². The van der Waals surface area contributed by atoms with Crippen molar-refractivity contribution in [3.8, 4) is 11.5 Å². The number of aryl methyl sites for hydroxylation is 2. The second kappa shape index (κ2) is 6.85. The Morgan fingerprint density at radius 3 is 2.62 bits per heavy atom. The van der Waals surface area contributed by atoms with E-state index in [-0.39, 0.29) is 0 Å². The van der Waals surface area contributed by atoms with E-state index >= 15 is 0 Å². The van der Waals surface area contributed by atoms with Crippen LogP contribution in [0.4, 0.5) is 5.69 Å². The second-order valence-corrected chi connectivity index (χ2v) is 5.40. The molecule has 114 valence electrons. The van der Waals surface area contributed by atoms with Crippen molar-refractivity contribution < 1.29 is 9.47 Å². The van der Waals surface area contributed by atoms with Gasteiger partial charge in [-0.25, -0.2) is 0 Å². The maximum atomic E-state index is 5.39. The summed E-state index contributed by atoms with van der Waals surface area (Å²) < 4.78 is 13.5. The highest BCUT2D eigenvalue weighted by atomic mass is 79.9. The van der Waals surface area contributed by atoms with Gasteiger partial charge in [-0.2, -0.15) is 5.10 Å². The average Bonchev–Trinajstić information content (AvgIpc) is 2.79. The van der Waals surface area contributed by atoms with Gasteiger partial charge in [0.1, 0.15) is 11.5 Å². The smallest absolute Gasteiger partial charge is 0.145 e. The number of benzene rings is 1. The minimum Gasteiger partial charge on any atom is -0.497 e. The number of hydrogen-bond donors (Lipinski definition) is 1. The highest BCUT2D eigenvalue weighted by molar-refractivity contribution is 9.10. The van der Waals surface area contributed by atoms with Crippen LogP contribution in [0.3, 0.4) is 0 Å². The Hall–Kier alpha value is -1.69. The zero-order chi connectivity index (χ0) is 15.4. The Bertz CT molecular complexity index is 626. The van der Waals surface area contributed by atoms with Crippen molar-refractivity contribution in [2.45, 2.75) is 19.9 Å². The lowest BCUT2D eigenvalue weighted by Crippen LogP contribution is -2.07. The first-order chi connectivity index (χ1) is 10.1. The van der Waals surface area contributed by atoms with Crippen LogP contribution in [0.1, 0.15) is 18.3 Å². The molecular weight excluding hydrogens is 334 g/mol. The summed E-state index contributed by atoms with van der Waals surface area (Å²) in [6.45, 7) is 2.75. The quantitative estimate of drug-likeness (QED) is 0.864. The van der Waals surface area contributed by atoms with Crippen LogP contribution >= 0.6 is 15.9 Å². The Balaban J connectivity index is 2.18. The largest absolute Gasteiger partial charge is 0.497 e. The first-order valence-corrected chi connectivity index (χ1v) is 7.56. The summed E-state index contributed by atoms with van der Waals surface area (Å²) in [6, 6.07) is 5.71. The Morgan fingerprint density at radius 2 is 2.05 bits per heavy atom. The van der Waals surface area contributed by atoms with Crippen molar-refractivity contribution in [1.29, 1.82) is 0 Å². The molecule has 5 nitrogen and oxygen atoms in total. The molecule has 0 saturated carbocycles. The number of halogens is 1. The molecule has 2 aromatic rings. The van der Waals surface area contributed by atoms with Gasteiger partial charge in [0.25, 0.3) is 0 Å². The molecule has 0 aliphatic heterocycles. The summed E-state index contributed by atoms with van der Waals surface area (Å²) in [6.07, 6.45) is 0.903. The number of rotatable bonds is 6. The molecule has 6 heteroatoms. The third-order valence-corrected chi connectivity index (χ3v) is 4.27. The van der Waals surface area contributed by atoms with E-state index in [0.717, 1.165) is 39.5 Å². The van der Waals surface area contributed by atoms with Crippen LogP contribution < -0.4 is 14.8 Å². The van der Waals surface area contributed by atoms with Crippen LogP contribution in [0.25, 0.3) is 0 Å². The second-order valence-electron chi connectivity index (χ2n) is 4.60. The Labute approximate surface area is 133 Å². The van der Waals surface area contributed by atoms with Gasteiger partial charge in [-0.3, -0.25) is 4.68 Å². The number of aromatic nitrogens is 2. The fourth-order valence-corrected chi connectivity index (χ4v) is 2.89. The van der Waals surface area contributed by atoms with Gasteiger partial charge in [0, 0.05) is 13.1 Å². The summed E-state index contributed by atoms with van der Waals surface area (Å²) in [5.74, 6) is 1.52. The summed E-state index contributed by atoms with van der Waals surface area (Å²) in [4.78, 5) is 0. The van der Waals surface area contributed by atoms with Crippen LogP contribution in [0.15, 0.2) is 22.7 Å². The molecule has 0 unspecified atom stereocenters. The molecule has 1 aromatic carbocycles. The Morgan fingerprint density at radius 1 is 1.29 bits per heavy atom. The van der Waals surface area contributed by atoms with Gasteiger partial charge in [0.05, 0.1) is 42.3 Å². The van der Waals surface area contributed by atoms with Crippen LogP contribution in [0.2, 0.25) is 0 Å². The van der Waals surface area contributed by atoms with E-state index in [2.05, 4.69) is 33.3 Å². The molecule has 0 atom stereocenters. The molecule has 0 bridgehead atoms. The van der Waals surface area contributed by atoms with E-state index in [9.17, 15) is 0 Å². The summed E-state index contributed by atoms with van der Waals surface area (Å²) in [5, 5.41) is 7.87. The first-order valence-electron chi connectivity index (χ1n) is 6.76. The third kappa shape index (κ3) is 3.32. The molecule has 2 rings (SSSR count). The van der Waals surface area contributed by atoms with E-state index in [1.807, 2.05) is 29.9 Å². The minimum atomic E-state index is 0.659. The van der Waals surface area contributed by atoms with Crippen LogP contribution in [-0.2, 0) is 20.0 Å². The van der Waals surface area contributed by atoms with E-state index < -0.39 is 0 Å². The molecule has 0 aliphatic rings. The predicted octanol–water partition coefficient (Wildman–Crippen LogP) is 3.37. The lowest BCUT2D eigenvalue weighted by molar-refractivity contribution is 0.395. The monoisotopic (exact) mass is 353 g/mol. The lowest BCUT2D eigenvalue weighted by atomic mass is 10.2. The van der Waals surface area contributed by atoms with Gasteiger partial charge < -0.3 is 14.8 Å². The van der Waals surface area contributed by atoms with E-state index in [1.165, 1.54) is 0 Å². The number of methoxy groups -OCH3 is 2. The number of anilines is 1. The molecule has 1 N–H and O–H groups in total. The van der Waals surface area contributed by atoms with Gasteiger partial charge >= 0.3 is 0 Å². The SMILES string of the molecule is CCc1nn(C)c(CNc2ccc(OC)cc2OC)c1Br. The fourth-order valence-electron chi connectivity index (χ4n) is 2.14. The van der Waals surface area contributed by atoms with Gasteiger partial charge in [0.2, 0.25) is 0 Å². The maximum Gasteiger partial charge on any atom is 0.145 e. The van der Waals surface area contributed by atoms with Crippen molar-refractivity contribution in [1.82, 2.24) is 9.78 Å². The van der Waals surface area contributed by atoms with Crippen molar-refractivity contribution >= 4 is 21.6 Å². The minimum absolute atomic E-state index is 0.659.